The molecule has 0 amide bonds. The number of hydrogen-bond acceptors (Lipinski definition) is 5. The molecule has 0 aromatic heterocycles. The third kappa shape index (κ3) is 3.96. The van der Waals surface area contributed by atoms with E-state index in [9.17, 15) is 5.11 Å². The summed E-state index contributed by atoms with van der Waals surface area (Å²) < 4.78 is 5.71. The zero-order valence-corrected chi connectivity index (χ0v) is 19.8. The molecule has 0 aromatic rings. The molecule has 5 heteroatoms. The van der Waals surface area contributed by atoms with Gasteiger partial charge in [0.15, 0.2) is 0 Å². The molecule has 0 spiro atoms. The Morgan fingerprint density at radius 1 is 0.909 bits per heavy atom. The number of ether oxygens (including phenoxy) is 1. The quantitative estimate of drug-likeness (QED) is 0.563. The molecule has 10 atom stereocenters. The topological polar surface area (TPSA) is 65.9 Å². The molecule has 0 saturated heterocycles. The van der Waals surface area contributed by atoms with Crippen molar-refractivity contribution in [2.45, 2.75) is 70.0 Å². The Balaban J connectivity index is 1.36. The van der Waals surface area contributed by atoms with Crippen LogP contribution in [0.4, 0.5) is 0 Å². The molecule has 33 heavy (non-hydrogen) atoms. The first-order valence-electron chi connectivity index (χ1n) is 13.3. The minimum Gasteiger partial charge on any atom is -0.389 e. The molecule has 0 radical (unpaired) electrons. The van der Waals surface area contributed by atoms with Crippen LogP contribution in [-0.4, -0.2) is 36.7 Å². The normalized spacial score (nSPS) is 46.4. The maximum Gasteiger partial charge on any atom is 0.207 e. The Bertz CT molecular complexity index is 890. The summed E-state index contributed by atoms with van der Waals surface area (Å²) in [6, 6.07) is 0. The fraction of sp³-hybridized carbons (Fsp3) is 0.679. The van der Waals surface area contributed by atoms with Crippen LogP contribution in [0.3, 0.4) is 0 Å². The van der Waals surface area contributed by atoms with E-state index >= 15 is 0 Å². The van der Waals surface area contributed by atoms with Gasteiger partial charge in [-0.2, -0.15) is 0 Å². The Morgan fingerprint density at radius 2 is 1.76 bits per heavy atom. The second-order valence-corrected chi connectivity index (χ2v) is 11.0. The van der Waals surface area contributed by atoms with Crippen LogP contribution in [0.25, 0.3) is 0 Å². The Morgan fingerprint density at radius 3 is 2.64 bits per heavy atom. The number of fused-ring (bicyclic) bond motifs is 5. The standard InChI is InChI=1S/C28H39N3O2/c1-33-28-30-26(22-12-6-7-13-25(22)32)29-27(31-28)24-16-23-18-9-3-2-8-17(18)14-15-21(23)19-10-4-5-11-20(19)24/h4,7,10,13-23,25-26,28,30,32H,2-3,5-6,8-9,11-12H2,1H3,(H,29,31). The molecule has 1 fully saturated rings. The van der Waals surface area contributed by atoms with Gasteiger partial charge in [-0.25, -0.2) is 4.99 Å². The lowest BCUT2D eigenvalue weighted by atomic mass is 9.55. The molecular formula is C28H39N3O2. The summed E-state index contributed by atoms with van der Waals surface area (Å²) >= 11 is 0. The summed E-state index contributed by atoms with van der Waals surface area (Å²) in [5.74, 6) is 4.90. The Labute approximate surface area is 198 Å². The van der Waals surface area contributed by atoms with Gasteiger partial charge >= 0.3 is 0 Å². The van der Waals surface area contributed by atoms with Gasteiger partial charge in [0.2, 0.25) is 6.35 Å². The van der Waals surface area contributed by atoms with E-state index in [4.69, 9.17) is 9.73 Å². The van der Waals surface area contributed by atoms with E-state index in [2.05, 4.69) is 47.1 Å². The van der Waals surface area contributed by atoms with Crippen LogP contribution in [0.2, 0.25) is 0 Å². The number of aliphatic hydroxyl groups excluding tert-OH is 1. The van der Waals surface area contributed by atoms with Crippen molar-refractivity contribution < 1.29 is 9.84 Å². The first kappa shape index (κ1) is 21.8. The summed E-state index contributed by atoms with van der Waals surface area (Å²) in [5, 5.41) is 17.9. The van der Waals surface area contributed by atoms with Gasteiger partial charge in [-0.1, -0.05) is 55.4 Å². The summed E-state index contributed by atoms with van der Waals surface area (Å²) in [6.07, 6.45) is 25.6. The smallest absolute Gasteiger partial charge is 0.207 e. The highest BCUT2D eigenvalue weighted by Crippen LogP contribution is 2.53. The number of aliphatic hydroxyl groups is 1. The number of methoxy groups -OCH3 is 1. The number of rotatable bonds is 3. The van der Waals surface area contributed by atoms with Gasteiger partial charge in [0.05, 0.1) is 12.3 Å². The summed E-state index contributed by atoms with van der Waals surface area (Å²) in [7, 11) is 1.72. The Kier molecular flexibility index (Phi) is 6.06. The molecule has 6 rings (SSSR count). The molecule has 1 heterocycles. The molecule has 0 aromatic carbocycles. The van der Waals surface area contributed by atoms with Gasteiger partial charge in [-0.3, -0.25) is 5.32 Å². The van der Waals surface area contributed by atoms with E-state index in [1.54, 1.807) is 7.11 Å². The highest BCUT2D eigenvalue weighted by Gasteiger charge is 2.47. The highest BCUT2D eigenvalue weighted by molar-refractivity contribution is 5.99. The largest absolute Gasteiger partial charge is 0.389 e. The van der Waals surface area contributed by atoms with Crippen LogP contribution < -0.4 is 10.6 Å². The van der Waals surface area contributed by atoms with E-state index in [1.165, 1.54) is 37.7 Å². The fourth-order valence-electron chi connectivity index (χ4n) is 7.66. The molecule has 5 aliphatic carbocycles. The Hall–Kier alpha value is -1.69. The van der Waals surface area contributed by atoms with Crippen molar-refractivity contribution in [2.24, 2.45) is 46.4 Å². The zero-order valence-electron chi connectivity index (χ0n) is 19.8. The van der Waals surface area contributed by atoms with Gasteiger partial charge in [0.1, 0.15) is 5.84 Å². The second-order valence-electron chi connectivity index (χ2n) is 11.0. The number of allylic oxidation sites excluding steroid dienone is 6. The average Bonchev–Trinajstić information content (AvgIpc) is 2.88. The van der Waals surface area contributed by atoms with Crippen LogP contribution >= 0.6 is 0 Å². The van der Waals surface area contributed by atoms with Crippen molar-refractivity contribution in [2.75, 3.05) is 7.11 Å². The molecular weight excluding hydrogens is 410 g/mol. The van der Waals surface area contributed by atoms with Crippen LogP contribution in [0, 0.1) is 41.4 Å². The van der Waals surface area contributed by atoms with Crippen molar-refractivity contribution >= 4 is 5.84 Å². The second kappa shape index (κ2) is 9.16. The number of hydrogen-bond donors (Lipinski definition) is 3. The van der Waals surface area contributed by atoms with Crippen molar-refractivity contribution in [3.8, 4) is 0 Å². The molecule has 178 valence electrons. The summed E-state index contributed by atoms with van der Waals surface area (Å²) in [4.78, 5) is 4.99. The molecule has 0 bridgehead atoms. The van der Waals surface area contributed by atoms with Crippen LogP contribution in [-0.2, 0) is 4.74 Å². The predicted molar refractivity (Wildman–Crippen MR) is 131 cm³/mol. The minimum atomic E-state index is -0.442. The number of amidine groups is 1. The van der Waals surface area contributed by atoms with E-state index in [-0.39, 0.29) is 18.4 Å². The number of aliphatic imine (C=N–C) groups is 1. The summed E-state index contributed by atoms with van der Waals surface area (Å²) in [6.45, 7) is 0. The third-order valence-corrected chi connectivity index (χ3v) is 9.30. The van der Waals surface area contributed by atoms with Crippen molar-refractivity contribution in [3.05, 3.63) is 48.1 Å². The highest BCUT2D eigenvalue weighted by atomic mass is 16.5. The van der Waals surface area contributed by atoms with E-state index in [0.29, 0.717) is 23.7 Å². The van der Waals surface area contributed by atoms with Gasteiger partial charge in [-0.05, 0) is 79.6 Å². The van der Waals surface area contributed by atoms with Gasteiger partial charge in [-0.15, -0.1) is 0 Å². The molecule has 10 unspecified atom stereocenters. The van der Waals surface area contributed by atoms with E-state index < -0.39 is 6.10 Å². The maximum atomic E-state index is 10.7. The molecule has 3 N–H and O–H groups in total. The lowest BCUT2D eigenvalue weighted by molar-refractivity contribution is 0.0294. The van der Waals surface area contributed by atoms with E-state index in [1.807, 2.05) is 6.08 Å². The average molecular weight is 450 g/mol. The number of nitrogens with zero attached hydrogens (tertiary/aromatic N) is 1. The van der Waals surface area contributed by atoms with Crippen molar-refractivity contribution in [1.82, 2.24) is 10.6 Å². The lowest BCUT2D eigenvalue weighted by Gasteiger charge is -2.50. The third-order valence-electron chi connectivity index (χ3n) is 9.30. The molecule has 1 aliphatic heterocycles. The van der Waals surface area contributed by atoms with E-state index in [0.717, 1.165) is 36.9 Å². The van der Waals surface area contributed by atoms with Gasteiger partial charge in [0.25, 0.3) is 0 Å². The van der Waals surface area contributed by atoms with Crippen LogP contribution in [0.15, 0.2) is 53.1 Å². The molecule has 1 saturated carbocycles. The van der Waals surface area contributed by atoms with Crippen LogP contribution in [0.5, 0.6) is 0 Å². The van der Waals surface area contributed by atoms with Gasteiger partial charge < -0.3 is 15.2 Å². The first-order chi connectivity index (χ1) is 16.2. The predicted octanol–water partition coefficient (Wildman–Crippen LogP) is 4.29. The fourth-order valence-corrected chi connectivity index (χ4v) is 7.66. The SMILES string of the molecule is COC1N=C(C2=CC3C(C=CC4CCCCC43)C3C=CCCC23)NC(C2CCC=CC2O)N1. The van der Waals surface area contributed by atoms with Crippen LogP contribution in [0.1, 0.15) is 51.4 Å². The van der Waals surface area contributed by atoms with Crippen molar-refractivity contribution in [1.29, 1.82) is 0 Å². The van der Waals surface area contributed by atoms with Crippen molar-refractivity contribution in [3.63, 3.8) is 0 Å². The van der Waals surface area contributed by atoms with Gasteiger partial charge in [0, 0.05) is 13.0 Å². The minimum absolute atomic E-state index is 0.0488. The first-order valence-corrected chi connectivity index (χ1v) is 13.3. The zero-order chi connectivity index (χ0) is 22.4. The lowest BCUT2D eigenvalue weighted by Crippen LogP contribution is -2.61. The molecule has 6 aliphatic rings. The summed E-state index contributed by atoms with van der Waals surface area (Å²) in [5.41, 5.74) is 1.40. The monoisotopic (exact) mass is 449 g/mol. The molecule has 5 nitrogen and oxygen atoms in total. The number of nitrogens with one attached hydrogen (secondary N) is 2. The maximum absolute atomic E-state index is 10.7.